The number of carbonyl (C=O) groups is 1. The Hall–Kier alpha value is -2.43. The molecule has 2 N–H and O–H groups in total. The summed E-state index contributed by atoms with van der Waals surface area (Å²) in [6.07, 6.45) is -0.883. The predicted molar refractivity (Wildman–Crippen MR) is 93.8 cm³/mol. The molecule has 3 heterocycles. The first kappa shape index (κ1) is 18.9. The Kier molecular flexibility index (Phi) is 4.64. The lowest BCUT2D eigenvalue weighted by atomic mass is 10.1. The lowest BCUT2D eigenvalue weighted by Crippen LogP contribution is -2.46. The second-order valence-electron chi connectivity index (χ2n) is 7.57. The number of nitrogens with one attached hydrogen (secondary N) is 2. The van der Waals surface area contributed by atoms with E-state index in [1.165, 1.54) is 5.01 Å². The van der Waals surface area contributed by atoms with E-state index in [9.17, 15) is 18.0 Å². The van der Waals surface area contributed by atoms with E-state index in [-0.39, 0.29) is 35.7 Å². The number of hydrogen-bond acceptors (Lipinski definition) is 6. The average Bonchev–Trinajstić information content (AvgIpc) is 3.24. The van der Waals surface area contributed by atoms with Crippen LogP contribution in [-0.2, 0) is 15.7 Å². The van der Waals surface area contributed by atoms with Gasteiger partial charge in [-0.15, -0.1) is 0 Å². The molecule has 0 unspecified atom stereocenters. The Bertz CT molecular complexity index is 803. The lowest BCUT2D eigenvalue weighted by molar-refractivity contribution is -0.137. The molecule has 0 bridgehead atoms. The van der Waals surface area contributed by atoms with Crippen LogP contribution in [0.5, 0.6) is 0 Å². The van der Waals surface area contributed by atoms with Crippen LogP contribution in [0.25, 0.3) is 0 Å². The van der Waals surface area contributed by atoms with Crippen LogP contribution in [0.4, 0.5) is 24.9 Å². The van der Waals surface area contributed by atoms with E-state index in [0.29, 0.717) is 26.1 Å². The zero-order chi connectivity index (χ0) is 19.9. The highest BCUT2D eigenvalue weighted by atomic mass is 19.4. The van der Waals surface area contributed by atoms with E-state index in [0.717, 1.165) is 19.0 Å². The van der Waals surface area contributed by atoms with Crippen LogP contribution in [0, 0.1) is 0 Å². The van der Waals surface area contributed by atoms with Crippen LogP contribution in [0.1, 0.15) is 44.6 Å². The first-order chi connectivity index (χ1) is 13.2. The van der Waals surface area contributed by atoms with Crippen LogP contribution >= 0.6 is 0 Å². The van der Waals surface area contributed by atoms with Gasteiger partial charge < -0.3 is 10.1 Å². The Balaban J connectivity index is 1.59. The highest BCUT2D eigenvalue weighted by molar-refractivity contribution is 6.05. The second-order valence-corrected chi connectivity index (χ2v) is 7.57. The van der Waals surface area contributed by atoms with E-state index in [1.54, 1.807) is 0 Å². The van der Waals surface area contributed by atoms with Gasteiger partial charge in [-0.2, -0.15) is 18.2 Å². The molecule has 1 aliphatic carbocycles. The fraction of sp³-hybridized carbons (Fsp3) is 0.647. The van der Waals surface area contributed by atoms with Crippen molar-refractivity contribution in [2.24, 2.45) is 4.99 Å². The quantitative estimate of drug-likeness (QED) is 0.809. The van der Waals surface area contributed by atoms with Gasteiger partial charge >= 0.3 is 6.18 Å². The molecule has 11 heteroatoms. The summed E-state index contributed by atoms with van der Waals surface area (Å²) in [5.41, 5.74) is 1.62. The number of carbonyl (C=O) groups excluding carboxylic acids is 1. The summed E-state index contributed by atoms with van der Waals surface area (Å²) in [6.45, 7) is 3.03. The van der Waals surface area contributed by atoms with Gasteiger partial charge in [0, 0.05) is 24.9 Å². The van der Waals surface area contributed by atoms with Gasteiger partial charge in [-0.05, 0) is 32.6 Å². The molecule has 2 saturated heterocycles. The smallest absolute Gasteiger partial charge is 0.381 e. The summed E-state index contributed by atoms with van der Waals surface area (Å²) in [5.74, 6) is -0.488. The maximum Gasteiger partial charge on any atom is 0.421 e. The number of anilines is 1. The number of ether oxygens (including phenoxy) is 1. The van der Waals surface area contributed by atoms with Gasteiger partial charge in [-0.1, -0.05) is 0 Å². The summed E-state index contributed by atoms with van der Waals surface area (Å²) in [7, 11) is 0. The molecule has 1 aromatic rings. The van der Waals surface area contributed by atoms with E-state index >= 15 is 0 Å². The van der Waals surface area contributed by atoms with Crippen molar-refractivity contribution >= 4 is 23.5 Å². The number of aliphatic imine (C=N–C) groups is 1. The fourth-order valence-electron chi connectivity index (χ4n) is 3.20. The molecule has 3 aliphatic rings. The summed E-state index contributed by atoms with van der Waals surface area (Å²) >= 11 is 0. The molecule has 3 fully saturated rings. The fourth-order valence-corrected chi connectivity index (χ4v) is 3.20. The molecule has 0 atom stereocenters. The minimum Gasteiger partial charge on any atom is -0.381 e. The number of halogens is 3. The maximum atomic E-state index is 13.4. The molecule has 4 rings (SSSR count). The Morgan fingerprint density at radius 2 is 2.07 bits per heavy atom. The van der Waals surface area contributed by atoms with Gasteiger partial charge in [0.1, 0.15) is 11.4 Å². The van der Waals surface area contributed by atoms with Crippen molar-refractivity contribution < 1.29 is 22.7 Å². The zero-order valence-corrected chi connectivity index (χ0v) is 15.3. The molecule has 1 aromatic heterocycles. The number of rotatable bonds is 4. The van der Waals surface area contributed by atoms with Crippen molar-refractivity contribution in [1.82, 2.24) is 20.4 Å². The van der Waals surface area contributed by atoms with Gasteiger partial charge in [0.2, 0.25) is 11.9 Å². The minimum atomic E-state index is -4.65. The van der Waals surface area contributed by atoms with Gasteiger partial charge in [0.25, 0.3) is 0 Å². The molecule has 2 aliphatic heterocycles. The summed E-state index contributed by atoms with van der Waals surface area (Å²) in [5, 5.41) is 4.48. The van der Waals surface area contributed by atoms with Gasteiger partial charge in [-0.3, -0.25) is 15.2 Å². The lowest BCUT2D eigenvalue weighted by Gasteiger charge is -2.30. The van der Waals surface area contributed by atoms with Crippen LogP contribution < -0.4 is 10.7 Å². The van der Waals surface area contributed by atoms with Gasteiger partial charge in [0.15, 0.2) is 5.82 Å². The highest BCUT2D eigenvalue weighted by Crippen LogP contribution is 2.39. The molecule has 152 valence electrons. The summed E-state index contributed by atoms with van der Waals surface area (Å²) in [6, 6.07) is -0.0616. The van der Waals surface area contributed by atoms with Crippen molar-refractivity contribution in [3.05, 3.63) is 11.8 Å². The SMILES string of the molecule is CC1(Nc2ncc(C(F)(F)F)c(N=C3CC(=O)N(C4CCOCC4)N3)n2)CC1. The summed E-state index contributed by atoms with van der Waals surface area (Å²) < 4.78 is 45.4. The Morgan fingerprint density at radius 1 is 1.36 bits per heavy atom. The van der Waals surface area contributed by atoms with Crippen molar-refractivity contribution in [3.8, 4) is 0 Å². The van der Waals surface area contributed by atoms with Crippen LogP contribution in [-0.4, -0.2) is 51.5 Å². The third-order valence-corrected chi connectivity index (χ3v) is 5.12. The van der Waals surface area contributed by atoms with E-state index in [4.69, 9.17) is 4.74 Å². The highest BCUT2D eigenvalue weighted by Gasteiger charge is 2.40. The number of alkyl halides is 3. The van der Waals surface area contributed by atoms with Crippen LogP contribution in [0.3, 0.4) is 0 Å². The number of nitrogens with zero attached hydrogens (tertiary/aromatic N) is 4. The van der Waals surface area contributed by atoms with Crippen molar-refractivity contribution in [3.63, 3.8) is 0 Å². The largest absolute Gasteiger partial charge is 0.421 e. The summed E-state index contributed by atoms with van der Waals surface area (Å²) in [4.78, 5) is 24.1. The first-order valence-electron chi connectivity index (χ1n) is 9.20. The number of aromatic nitrogens is 2. The zero-order valence-electron chi connectivity index (χ0n) is 15.3. The Morgan fingerprint density at radius 3 is 2.71 bits per heavy atom. The van der Waals surface area contributed by atoms with Gasteiger partial charge in [0.05, 0.1) is 12.5 Å². The van der Waals surface area contributed by atoms with E-state index in [2.05, 4.69) is 25.7 Å². The molecule has 0 spiro atoms. The van der Waals surface area contributed by atoms with Crippen molar-refractivity contribution in [1.29, 1.82) is 0 Å². The third kappa shape index (κ3) is 4.03. The second kappa shape index (κ2) is 6.87. The number of amidine groups is 1. The number of hydrogen-bond donors (Lipinski definition) is 2. The molecule has 0 radical (unpaired) electrons. The third-order valence-electron chi connectivity index (χ3n) is 5.12. The Labute approximate surface area is 159 Å². The monoisotopic (exact) mass is 398 g/mol. The topological polar surface area (TPSA) is 91.7 Å². The normalized spacial score (nSPS) is 23.8. The van der Waals surface area contributed by atoms with E-state index in [1.807, 2.05) is 6.92 Å². The molecular formula is C17H21F3N6O2. The first-order valence-corrected chi connectivity index (χ1v) is 9.20. The van der Waals surface area contributed by atoms with Crippen LogP contribution in [0.2, 0.25) is 0 Å². The van der Waals surface area contributed by atoms with Gasteiger partial charge in [-0.25, -0.2) is 9.98 Å². The molecule has 28 heavy (non-hydrogen) atoms. The van der Waals surface area contributed by atoms with E-state index < -0.39 is 17.6 Å². The van der Waals surface area contributed by atoms with Crippen LogP contribution in [0.15, 0.2) is 11.2 Å². The molecule has 0 aromatic carbocycles. The standard InChI is InChI=1S/C17H21F3N6O2/c1-16(4-5-16)24-15-21-9-11(17(18,19)20)14(23-15)22-12-8-13(27)26(25-12)10-2-6-28-7-3-10/h9-10H,2-8H2,1H3,(H2,21,22,23,24,25). The predicted octanol–water partition coefficient (Wildman–Crippen LogP) is 2.41. The maximum absolute atomic E-state index is 13.4. The molecular weight excluding hydrogens is 377 g/mol. The number of hydrazine groups is 1. The van der Waals surface area contributed by atoms with Crippen molar-refractivity contribution in [2.45, 2.75) is 56.8 Å². The average molecular weight is 398 g/mol. The minimum absolute atomic E-state index is 0.0616. The molecule has 8 nitrogen and oxygen atoms in total. The van der Waals surface area contributed by atoms with Crippen molar-refractivity contribution in [2.75, 3.05) is 18.5 Å². The molecule has 1 amide bonds. The molecule has 1 saturated carbocycles. The number of amides is 1.